The molecule has 0 heterocycles. The molecule has 1 aromatic carbocycles. The van der Waals surface area contributed by atoms with Crippen molar-refractivity contribution in [2.45, 2.75) is 158 Å². The fraction of sp³-hybridized carbons (Fsp3) is 0.765. The molecule has 5 fully saturated rings. The van der Waals surface area contributed by atoms with Gasteiger partial charge in [0.1, 0.15) is 11.9 Å². The van der Waals surface area contributed by atoms with Crippen LogP contribution in [-0.4, -0.2) is 60.6 Å². The first-order chi connectivity index (χ1) is 27.9. The molecule has 0 aromatic heterocycles. The van der Waals surface area contributed by atoms with Crippen molar-refractivity contribution in [2.24, 2.45) is 68.0 Å². The fourth-order valence-electron chi connectivity index (χ4n) is 15.1. The maximum Gasteiger partial charge on any atom is 0.309 e. The van der Waals surface area contributed by atoms with Gasteiger partial charge in [-0.3, -0.25) is 19.2 Å². The van der Waals surface area contributed by atoms with Gasteiger partial charge in [0.15, 0.2) is 5.78 Å². The number of rotatable bonds is 12. The van der Waals surface area contributed by atoms with Gasteiger partial charge in [0.2, 0.25) is 0 Å². The van der Waals surface area contributed by atoms with Gasteiger partial charge in [-0.1, -0.05) is 67.9 Å². The minimum absolute atomic E-state index is 0.0680. The highest BCUT2D eigenvalue weighted by molar-refractivity contribution is 6.00. The van der Waals surface area contributed by atoms with Crippen LogP contribution >= 0.6 is 0 Å². The standard InChI is InChI=1S/C51H76N2O7/c1-30(2)40-36(54)28-51(25-26-52-29-45(3,4)53-42(55)31-13-15-32(59-12)16-14-31)24-23-49(10)33(41(40)51)17-18-38-48(9)21-20-39(47(7,8)37(48)19-22-50(38,49)11)60-44(58)35-27-34(43(56)57)46(35,5)6/h13-16,30,33-35,37-39,52H,17-29H2,1-12H3,(H,53,55)(H,56,57)/t33-,34+,35-,37+,38-,39+,48+,49-,50-,51-/m1/s1. The van der Waals surface area contributed by atoms with Crippen molar-refractivity contribution in [3.63, 3.8) is 0 Å². The van der Waals surface area contributed by atoms with E-state index in [4.69, 9.17) is 9.47 Å². The fourth-order valence-corrected chi connectivity index (χ4v) is 15.1. The second-order valence-corrected chi connectivity index (χ2v) is 23.3. The van der Waals surface area contributed by atoms with Gasteiger partial charge in [0.25, 0.3) is 5.91 Å². The van der Waals surface area contributed by atoms with Crippen LogP contribution in [0.4, 0.5) is 0 Å². The Balaban J connectivity index is 1.06. The van der Waals surface area contributed by atoms with Crippen LogP contribution in [0.1, 0.15) is 157 Å². The van der Waals surface area contributed by atoms with Crippen molar-refractivity contribution >= 4 is 23.6 Å². The zero-order valence-corrected chi connectivity index (χ0v) is 38.9. The monoisotopic (exact) mass is 829 g/mol. The molecular weight excluding hydrogens is 753 g/mol. The molecule has 7 rings (SSSR count). The van der Waals surface area contributed by atoms with E-state index in [-0.39, 0.29) is 56.9 Å². The number of carbonyl (C=O) groups is 4. The predicted molar refractivity (Wildman–Crippen MR) is 234 cm³/mol. The molecule has 6 aliphatic rings. The number of allylic oxidation sites excluding steroid dienone is 2. The molecule has 3 N–H and O–H groups in total. The number of aliphatic carboxylic acids is 1. The molecule has 0 unspecified atom stereocenters. The molecule has 0 spiro atoms. The van der Waals surface area contributed by atoms with Crippen LogP contribution in [0.15, 0.2) is 35.4 Å². The highest BCUT2D eigenvalue weighted by Crippen LogP contribution is 2.77. The van der Waals surface area contributed by atoms with E-state index in [2.05, 4.69) is 72.9 Å². The van der Waals surface area contributed by atoms with Crippen LogP contribution in [-0.2, 0) is 19.1 Å². The summed E-state index contributed by atoms with van der Waals surface area (Å²) < 4.78 is 11.7. The third-order valence-electron chi connectivity index (χ3n) is 18.8. The number of carboxylic acids is 1. The Kier molecular flexibility index (Phi) is 11.4. The minimum atomic E-state index is -0.826. The zero-order chi connectivity index (χ0) is 44.0. The van der Waals surface area contributed by atoms with Gasteiger partial charge in [-0.15, -0.1) is 0 Å². The molecule has 1 aromatic rings. The number of benzene rings is 1. The highest BCUT2D eigenvalue weighted by Gasteiger charge is 2.70. The lowest BCUT2D eigenvalue weighted by molar-refractivity contribution is -0.236. The number of amides is 1. The van der Waals surface area contributed by atoms with Crippen molar-refractivity contribution < 1.29 is 33.8 Å². The SMILES string of the molecule is COc1ccc(C(=O)NC(C)(C)CNCC[C@@]23CC[C@]4(C)[C@H](CC[C@@H]5[C@@]6(C)CC[C@H](OC(=O)[C@H]7C[C@@H](C(=O)O)C7(C)C)C(C)(C)[C@@H]6CC[C@]54C)C2=C(C(C)C)C(=O)C3)cc1. The maximum absolute atomic E-state index is 14.2. The van der Waals surface area contributed by atoms with E-state index < -0.39 is 22.8 Å². The van der Waals surface area contributed by atoms with Crippen LogP contribution in [0.5, 0.6) is 5.75 Å². The first-order valence-corrected chi connectivity index (χ1v) is 23.3. The van der Waals surface area contributed by atoms with Gasteiger partial charge in [0.05, 0.1) is 18.9 Å². The second-order valence-electron chi connectivity index (χ2n) is 23.3. The molecule has 0 radical (unpaired) electrons. The summed E-state index contributed by atoms with van der Waals surface area (Å²) in [5.41, 5.74) is 2.10. The van der Waals surface area contributed by atoms with E-state index in [1.165, 1.54) is 5.57 Å². The summed E-state index contributed by atoms with van der Waals surface area (Å²) in [7, 11) is 1.62. The Morgan fingerprint density at radius 2 is 1.53 bits per heavy atom. The van der Waals surface area contributed by atoms with Crippen molar-refractivity contribution in [3.05, 3.63) is 41.0 Å². The van der Waals surface area contributed by atoms with Crippen molar-refractivity contribution in [1.29, 1.82) is 0 Å². The summed E-state index contributed by atoms with van der Waals surface area (Å²) in [4.78, 5) is 52.8. The van der Waals surface area contributed by atoms with Gasteiger partial charge in [-0.05, 0) is 160 Å². The van der Waals surface area contributed by atoms with Crippen LogP contribution < -0.4 is 15.4 Å². The number of Topliss-reactive ketones (excluding diaryl/α,β-unsaturated/α-hetero) is 1. The zero-order valence-electron chi connectivity index (χ0n) is 38.9. The lowest BCUT2D eigenvalue weighted by Gasteiger charge is -2.72. The number of ether oxygens (including phenoxy) is 2. The normalized spacial score (nSPS) is 37.9. The van der Waals surface area contributed by atoms with Crippen LogP contribution in [0.25, 0.3) is 0 Å². The molecule has 9 heteroatoms. The third kappa shape index (κ3) is 6.97. The summed E-state index contributed by atoms with van der Waals surface area (Å²) in [5.74, 6) is 0.556. The molecule has 0 saturated heterocycles. The van der Waals surface area contributed by atoms with Gasteiger partial charge in [-0.2, -0.15) is 0 Å². The van der Waals surface area contributed by atoms with E-state index in [0.717, 1.165) is 75.7 Å². The third-order valence-corrected chi connectivity index (χ3v) is 18.8. The summed E-state index contributed by atoms with van der Waals surface area (Å²) in [6, 6.07) is 7.18. The maximum atomic E-state index is 14.2. The summed E-state index contributed by atoms with van der Waals surface area (Å²) in [5, 5.41) is 16.6. The number of hydrogen-bond acceptors (Lipinski definition) is 7. The number of fused-ring (bicyclic) bond motifs is 7. The van der Waals surface area contributed by atoms with E-state index >= 15 is 0 Å². The topological polar surface area (TPSA) is 131 Å². The first-order valence-electron chi connectivity index (χ1n) is 23.3. The summed E-state index contributed by atoms with van der Waals surface area (Å²) in [6.07, 6.45) is 10.2. The van der Waals surface area contributed by atoms with Crippen LogP contribution in [0.2, 0.25) is 0 Å². The molecule has 10 atom stereocenters. The van der Waals surface area contributed by atoms with Crippen molar-refractivity contribution in [2.75, 3.05) is 20.2 Å². The average molecular weight is 829 g/mol. The Labute approximate surface area is 360 Å². The predicted octanol–water partition coefficient (Wildman–Crippen LogP) is 9.82. The quantitative estimate of drug-likeness (QED) is 0.140. The van der Waals surface area contributed by atoms with E-state index in [1.807, 2.05) is 13.8 Å². The Hall–Kier alpha value is -3.20. The number of carbonyl (C=O) groups excluding carboxylic acids is 3. The lowest BCUT2D eigenvalue weighted by atomic mass is 9.33. The Morgan fingerprint density at radius 1 is 0.850 bits per heavy atom. The smallest absolute Gasteiger partial charge is 0.309 e. The van der Waals surface area contributed by atoms with Crippen LogP contribution in [0.3, 0.4) is 0 Å². The van der Waals surface area contributed by atoms with E-state index in [0.29, 0.717) is 48.5 Å². The largest absolute Gasteiger partial charge is 0.497 e. The van der Waals surface area contributed by atoms with E-state index in [1.54, 1.807) is 31.4 Å². The van der Waals surface area contributed by atoms with Gasteiger partial charge in [-0.25, -0.2) is 0 Å². The minimum Gasteiger partial charge on any atom is -0.497 e. The lowest BCUT2D eigenvalue weighted by Crippen LogP contribution is -2.66. The molecule has 1 amide bonds. The number of carboxylic acid groups (broad SMARTS) is 1. The molecule has 0 aliphatic heterocycles. The molecular formula is C51H76N2O7. The van der Waals surface area contributed by atoms with Gasteiger partial charge >= 0.3 is 11.9 Å². The number of esters is 1. The molecule has 60 heavy (non-hydrogen) atoms. The first kappa shape index (κ1) is 44.8. The number of nitrogens with one attached hydrogen (secondary N) is 2. The molecule has 6 aliphatic carbocycles. The Morgan fingerprint density at radius 3 is 2.15 bits per heavy atom. The Bertz CT molecular complexity index is 1910. The average Bonchev–Trinajstić information content (AvgIpc) is 3.46. The summed E-state index contributed by atoms with van der Waals surface area (Å²) >= 11 is 0. The van der Waals surface area contributed by atoms with Gasteiger partial charge in [0, 0.05) is 34.9 Å². The molecule has 0 bridgehead atoms. The number of ketones is 1. The summed E-state index contributed by atoms with van der Waals surface area (Å²) in [6.45, 7) is 26.2. The van der Waals surface area contributed by atoms with Crippen molar-refractivity contribution in [1.82, 2.24) is 10.6 Å². The van der Waals surface area contributed by atoms with Gasteiger partial charge < -0.3 is 25.2 Å². The number of hydrogen-bond donors (Lipinski definition) is 3. The highest BCUT2D eigenvalue weighted by atomic mass is 16.5. The molecule has 9 nitrogen and oxygen atoms in total. The van der Waals surface area contributed by atoms with E-state index in [9.17, 15) is 24.3 Å². The molecule has 332 valence electrons. The van der Waals surface area contributed by atoms with Crippen LogP contribution in [0, 0.1) is 68.0 Å². The van der Waals surface area contributed by atoms with Crippen molar-refractivity contribution in [3.8, 4) is 5.75 Å². The second kappa shape index (κ2) is 15.3. The molecule has 5 saturated carbocycles. The number of methoxy groups -OCH3 is 1.